The second-order valence-electron chi connectivity index (χ2n) is 4.40. The summed E-state index contributed by atoms with van der Waals surface area (Å²) in [4.78, 5) is 0. The first-order valence-corrected chi connectivity index (χ1v) is 8.53. The number of hydrogen-bond acceptors (Lipinski definition) is 4. The van der Waals surface area contributed by atoms with Gasteiger partial charge in [0.1, 0.15) is 5.75 Å². The molecule has 0 amide bonds. The lowest BCUT2D eigenvalue weighted by molar-refractivity contribution is 0.417. The van der Waals surface area contributed by atoms with Gasteiger partial charge in [0.2, 0.25) is 10.0 Å². The van der Waals surface area contributed by atoms with E-state index >= 15 is 0 Å². The molecule has 0 bridgehead atoms. The quantitative estimate of drug-likeness (QED) is 0.792. The predicted octanol–water partition coefficient (Wildman–Crippen LogP) is 2.98. The van der Waals surface area contributed by atoms with Crippen LogP contribution in [0.3, 0.4) is 0 Å². The van der Waals surface area contributed by atoms with E-state index in [0.717, 1.165) is 4.47 Å². The Morgan fingerprint density at radius 2 is 1.95 bits per heavy atom. The van der Waals surface area contributed by atoms with Crippen LogP contribution in [0.2, 0.25) is 0 Å². The van der Waals surface area contributed by atoms with Crippen molar-refractivity contribution in [2.24, 2.45) is 0 Å². The maximum absolute atomic E-state index is 12.3. The van der Waals surface area contributed by atoms with E-state index < -0.39 is 10.0 Å². The molecular formula is C14H15BrN2O3S. The van der Waals surface area contributed by atoms with Crippen molar-refractivity contribution in [3.8, 4) is 5.75 Å². The minimum atomic E-state index is -3.59. The monoisotopic (exact) mass is 370 g/mol. The molecule has 0 unspecified atom stereocenters. The number of hydrogen-bond donors (Lipinski definition) is 2. The summed E-state index contributed by atoms with van der Waals surface area (Å²) in [6.07, 6.45) is 0. The Kier molecular flexibility index (Phi) is 4.74. The molecule has 21 heavy (non-hydrogen) atoms. The van der Waals surface area contributed by atoms with Crippen LogP contribution in [-0.4, -0.2) is 15.5 Å². The van der Waals surface area contributed by atoms with E-state index in [1.807, 2.05) is 0 Å². The van der Waals surface area contributed by atoms with Gasteiger partial charge >= 0.3 is 0 Å². The number of nitrogens with one attached hydrogen (secondary N) is 1. The van der Waals surface area contributed by atoms with Gasteiger partial charge in [-0.3, -0.25) is 4.72 Å². The van der Waals surface area contributed by atoms with Gasteiger partial charge in [0.05, 0.1) is 18.6 Å². The fourth-order valence-electron chi connectivity index (χ4n) is 1.83. The molecule has 2 aromatic carbocycles. The molecule has 5 nitrogen and oxygen atoms in total. The SMILES string of the molecule is COc1ccc(Br)cc1NS(=O)(=O)Cc1ccccc1N. The minimum Gasteiger partial charge on any atom is -0.495 e. The Hall–Kier alpha value is -1.73. The molecule has 0 spiro atoms. The predicted molar refractivity (Wildman–Crippen MR) is 87.8 cm³/mol. The van der Waals surface area contributed by atoms with Crippen molar-refractivity contribution in [2.75, 3.05) is 17.6 Å². The Balaban J connectivity index is 2.26. The van der Waals surface area contributed by atoms with Gasteiger partial charge in [0.25, 0.3) is 0 Å². The first-order valence-electron chi connectivity index (χ1n) is 6.09. The van der Waals surface area contributed by atoms with Crippen LogP contribution in [0.5, 0.6) is 5.75 Å². The summed E-state index contributed by atoms with van der Waals surface area (Å²) < 4.78 is 32.9. The van der Waals surface area contributed by atoms with Crippen LogP contribution in [0, 0.1) is 0 Å². The molecule has 0 aliphatic heterocycles. The number of nitrogens with two attached hydrogens (primary N) is 1. The number of para-hydroxylation sites is 1. The molecule has 0 saturated carbocycles. The zero-order valence-electron chi connectivity index (χ0n) is 11.3. The van der Waals surface area contributed by atoms with Gasteiger partial charge in [-0.1, -0.05) is 34.1 Å². The van der Waals surface area contributed by atoms with Crippen molar-refractivity contribution in [1.82, 2.24) is 0 Å². The summed E-state index contributed by atoms with van der Waals surface area (Å²) >= 11 is 3.30. The summed E-state index contributed by atoms with van der Waals surface area (Å²) in [5, 5.41) is 0. The first kappa shape index (κ1) is 15.7. The Labute approximate surface area is 132 Å². The largest absolute Gasteiger partial charge is 0.495 e. The number of nitrogen functional groups attached to an aromatic ring is 1. The fraction of sp³-hybridized carbons (Fsp3) is 0.143. The van der Waals surface area contributed by atoms with E-state index in [1.165, 1.54) is 7.11 Å². The lowest BCUT2D eigenvalue weighted by atomic mass is 10.2. The molecular weight excluding hydrogens is 356 g/mol. The summed E-state index contributed by atoms with van der Waals surface area (Å²) in [6, 6.07) is 12.0. The zero-order valence-corrected chi connectivity index (χ0v) is 13.7. The van der Waals surface area contributed by atoms with E-state index in [0.29, 0.717) is 22.7 Å². The van der Waals surface area contributed by atoms with Crippen molar-refractivity contribution in [3.63, 3.8) is 0 Å². The molecule has 0 aromatic heterocycles. The van der Waals surface area contributed by atoms with Crippen molar-refractivity contribution < 1.29 is 13.2 Å². The normalized spacial score (nSPS) is 11.1. The third kappa shape index (κ3) is 4.12. The van der Waals surface area contributed by atoms with Crippen LogP contribution >= 0.6 is 15.9 Å². The lowest BCUT2D eigenvalue weighted by Gasteiger charge is -2.13. The van der Waals surface area contributed by atoms with E-state index in [1.54, 1.807) is 42.5 Å². The molecule has 112 valence electrons. The number of benzene rings is 2. The van der Waals surface area contributed by atoms with Crippen molar-refractivity contribution in [1.29, 1.82) is 0 Å². The van der Waals surface area contributed by atoms with Crippen molar-refractivity contribution >= 4 is 37.3 Å². The summed E-state index contributed by atoms with van der Waals surface area (Å²) in [5.41, 5.74) is 7.16. The number of sulfonamides is 1. The average molecular weight is 371 g/mol. The van der Waals surface area contributed by atoms with E-state index in [-0.39, 0.29) is 5.75 Å². The average Bonchev–Trinajstić information content (AvgIpc) is 2.41. The minimum absolute atomic E-state index is 0.199. The molecule has 0 saturated heterocycles. The maximum Gasteiger partial charge on any atom is 0.237 e. The smallest absolute Gasteiger partial charge is 0.237 e. The van der Waals surface area contributed by atoms with Crippen LogP contribution in [0.1, 0.15) is 5.56 Å². The van der Waals surface area contributed by atoms with Crippen molar-refractivity contribution in [2.45, 2.75) is 5.75 Å². The number of rotatable bonds is 5. The van der Waals surface area contributed by atoms with E-state index in [2.05, 4.69) is 20.7 Å². The summed E-state index contributed by atoms with van der Waals surface area (Å²) in [6.45, 7) is 0. The van der Waals surface area contributed by atoms with Crippen LogP contribution in [0.4, 0.5) is 11.4 Å². The third-order valence-electron chi connectivity index (χ3n) is 2.83. The molecule has 0 aliphatic carbocycles. The van der Waals surface area contributed by atoms with E-state index in [9.17, 15) is 8.42 Å². The maximum atomic E-state index is 12.3. The number of anilines is 2. The number of methoxy groups -OCH3 is 1. The Bertz CT molecular complexity index is 748. The second kappa shape index (κ2) is 6.36. The molecule has 0 fully saturated rings. The fourth-order valence-corrected chi connectivity index (χ4v) is 3.43. The van der Waals surface area contributed by atoms with Crippen LogP contribution in [-0.2, 0) is 15.8 Å². The van der Waals surface area contributed by atoms with Gasteiger partial charge in [-0.2, -0.15) is 0 Å². The lowest BCUT2D eigenvalue weighted by Crippen LogP contribution is -2.16. The van der Waals surface area contributed by atoms with Crippen LogP contribution in [0.25, 0.3) is 0 Å². The van der Waals surface area contributed by atoms with Crippen LogP contribution in [0.15, 0.2) is 46.9 Å². The topological polar surface area (TPSA) is 81.4 Å². The molecule has 0 heterocycles. The highest BCUT2D eigenvalue weighted by molar-refractivity contribution is 9.10. The van der Waals surface area contributed by atoms with Gasteiger partial charge in [0.15, 0.2) is 0 Å². The van der Waals surface area contributed by atoms with Gasteiger partial charge in [-0.15, -0.1) is 0 Å². The summed E-state index contributed by atoms with van der Waals surface area (Å²) in [5.74, 6) is 0.248. The van der Waals surface area contributed by atoms with Gasteiger partial charge in [-0.05, 0) is 29.8 Å². The number of halogens is 1. The van der Waals surface area contributed by atoms with E-state index in [4.69, 9.17) is 10.5 Å². The molecule has 0 atom stereocenters. The Morgan fingerprint density at radius 1 is 1.24 bits per heavy atom. The second-order valence-corrected chi connectivity index (χ2v) is 7.04. The highest BCUT2D eigenvalue weighted by Gasteiger charge is 2.16. The van der Waals surface area contributed by atoms with Gasteiger partial charge < -0.3 is 10.5 Å². The Morgan fingerprint density at radius 3 is 2.62 bits per heavy atom. The highest BCUT2D eigenvalue weighted by Crippen LogP contribution is 2.29. The first-order chi connectivity index (χ1) is 9.91. The number of ether oxygens (including phenoxy) is 1. The standard InChI is InChI=1S/C14H15BrN2O3S/c1-20-14-7-6-11(15)8-13(14)17-21(18,19)9-10-4-2-3-5-12(10)16/h2-8,17H,9,16H2,1H3. The molecule has 2 aromatic rings. The third-order valence-corrected chi connectivity index (χ3v) is 4.54. The molecule has 2 rings (SSSR count). The van der Waals surface area contributed by atoms with Crippen LogP contribution < -0.4 is 15.2 Å². The molecule has 7 heteroatoms. The van der Waals surface area contributed by atoms with Crippen molar-refractivity contribution in [3.05, 3.63) is 52.5 Å². The van der Waals surface area contributed by atoms with Gasteiger partial charge in [0, 0.05) is 10.2 Å². The highest BCUT2D eigenvalue weighted by atomic mass is 79.9. The molecule has 3 N–H and O–H groups in total. The zero-order chi connectivity index (χ0) is 15.5. The molecule has 0 aliphatic rings. The summed E-state index contributed by atoms with van der Waals surface area (Å²) in [7, 11) is -2.11. The molecule has 0 radical (unpaired) electrons. The van der Waals surface area contributed by atoms with Gasteiger partial charge in [-0.25, -0.2) is 8.42 Å².